The van der Waals surface area contributed by atoms with Gasteiger partial charge in [-0.25, -0.2) is 9.38 Å². The normalized spacial score (nSPS) is 15.2. The topological polar surface area (TPSA) is 15.6 Å². The lowest BCUT2D eigenvalue weighted by atomic mass is 9.97. The maximum Gasteiger partial charge on any atom is 0.123 e. The van der Waals surface area contributed by atoms with Gasteiger partial charge >= 0.3 is 0 Å². The van der Waals surface area contributed by atoms with Crippen LogP contribution < -0.4 is 0 Å². The van der Waals surface area contributed by atoms with E-state index in [1.165, 1.54) is 48.1 Å². The molecule has 1 aliphatic heterocycles. The number of piperidine rings is 1. The maximum absolute atomic E-state index is 13.0. The molecule has 2 nitrogen and oxygen atoms in total. The summed E-state index contributed by atoms with van der Waals surface area (Å²) < 4.78 is 13.0. The second-order valence-corrected chi connectivity index (χ2v) is 6.71. The first-order valence-electron chi connectivity index (χ1n) is 8.74. The lowest BCUT2D eigenvalue weighted by Gasteiger charge is -2.24. The molecule has 2 aromatic rings. The summed E-state index contributed by atoms with van der Waals surface area (Å²) in [7, 11) is 0. The number of benzene rings is 2. The van der Waals surface area contributed by atoms with E-state index in [1.54, 1.807) is 0 Å². The van der Waals surface area contributed by atoms with Crippen LogP contribution in [-0.2, 0) is 6.42 Å². The molecule has 24 heavy (non-hydrogen) atoms. The molecule has 0 atom stereocenters. The van der Waals surface area contributed by atoms with Crippen molar-refractivity contribution in [3.8, 4) is 0 Å². The van der Waals surface area contributed by atoms with Crippen LogP contribution in [0.4, 0.5) is 10.1 Å². The smallest absolute Gasteiger partial charge is 0.123 e. The van der Waals surface area contributed by atoms with Crippen molar-refractivity contribution in [1.29, 1.82) is 0 Å². The molecule has 3 heteroatoms. The zero-order chi connectivity index (χ0) is 16.9. The molecule has 1 heterocycles. The van der Waals surface area contributed by atoms with E-state index < -0.39 is 0 Å². The average molecular weight is 324 g/mol. The number of likely N-dealkylation sites (tertiary alicyclic amines) is 1. The van der Waals surface area contributed by atoms with Crippen molar-refractivity contribution in [3.05, 3.63) is 64.5 Å². The van der Waals surface area contributed by atoms with Gasteiger partial charge in [0.2, 0.25) is 0 Å². The van der Waals surface area contributed by atoms with Crippen LogP contribution in [0, 0.1) is 19.7 Å². The molecule has 1 saturated heterocycles. The quantitative estimate of drug-likeness (QED) is 0.559. The van der Waals surface area contributed by atoms with E-state index in [0.29, 0.717) is 0 Å². The molecular weight excluding hydrogens is 299 g/mol. The number of aryl methyl sites for hydroxylation is 2. The summed E-state index contributed by atoms with van der Waals surface area (Å²) in [5.41, 5.74) is 5.86. The third kappa shape index (κ3) is 4.22. The Hall–Kier alpha value is -2.16. The number of halogens is 1. The maximum atomic E-state index is 13.0. The van der Waals surface area contributed by atoms with Gasteiger partial charge in [-0.15, -0.1) is 0 Å². The Morgan fingerprint density at radius 2 is 1.71 bits per heavy atom. The lowest BCUT2D eigenvalue weighted by Crippen LogP contribution is -2.28. The van der Waals surface area contributed by atoms with Crippen LogP contribution in [0.2, 0.25) is 0 Å². The number of hydrogen-bond donors (Lipinski definition) is 0. The van der Waals surface area contributed by atoms with Crippen LogP contribution in [0.25, 0.3) is 0 Å². The largest absolute Gasteiger partial charge is 0.363 e. The molecule has 0 aromatic heterocycles. The minimum atomic E-state index is -0.186. The predicted molar refractivity (Wildman–Crippen MR) is 98.7 cm³/mol. The third-order valence-corrected chi connectivity index (χ3v) is 4.71. The molecule has 3 rings (SSSR count). The zero-order valence-corrected chi connectivity index (χ0v) is 14.6. The van der Waals surface area contributed by atoms with Gasteiger partial charge in [-0.1, -0.05) is 18.2 Å². The first-order chi connectivity index (χ1) is 11.6. The molecule has 1 aliphatic rings. The number of hydrogen-bond acceptors (Lipinski definition) is 1. The van der Waals surface area contributed by atoms with Gasteiger partial charge in [-0.05, 0) is 80.0 Å². The Bertz CT molecular complexity index is 713. The second kappa shape index (κ2) is 7.61. The van der Waals surface area contributed by atoms with Crippen LogP contribution in [-0.4, -0.2) is 24.3 Å². The Balaban J connectivity index is 1.75. The van der Waals surface area contributed by atoms with Gasteiger partial charge in [0.25, 0.3) is 0 Å². The van der Waals surface area contributed by atoms with E-state index in [-0.39, 0.29) is 5.82 Å². The Morgan fingerprint density at radius 1 is 1.00 bits per heavy atom. The Labute approximate surface area is 144 Å². The Morgan fingerprint density at radius 3 is 2.42 bits per heavy atom. The molecule has 0 bridgehead atoms. The van der Waals surface area contributed by atoms with Crippen molar-refractivity contribution in [2.75, 3.05) is 13.1 Å². The summed E-state index contributed by atoms with van der Waals surface area (Å²) in [5, 5.41) is 0. The van der Waals surface area contributed by atoms with Crippen molar-refractivity contribution >= 4 is 12.0 Å². The first kappa shape index (κ1) is 16.7. The highest BCUT2D eigenvalue weighted by Crippen LogP contribution is 2.25. The van der Waals surface area contributed by atoms with Gasteiger partial charge in [0.1, 0.15) is 5.82 Å². The molecule has 0 N–H and O–H groups in total. The van der Waals surface area contributed by atoms with Gasteiger partial charge in [0, 0.05) is 13.1 Å². The fourth-order valence-corrected chi connectivity index (χ4v) is 3.19. The van der Waals surface area contributed by atoms with Gasteiger partial charge in [-0.2, -0.15) is 0 Å². The highest BCUT2D eigenvalue weighted by atomic mass is 19.1. The number of aliphatic imine (C=N–C) groups is 1. The second-order valence-electron chi connectivity index (χ2n) is 6.71. The monoisotopic (exact) mass is 324 g/mol. The van der Waals surface area contributed by atoms with E-state index in [2.05, 4.69) is 30.9 Å². The number of rotatable bonds is 4. The highest BCUT2D eigenvalue weighted by molar-refractivity contribution is 5.64. The summed E-state index contributed by atoms with van der Waals surface area (Å²) in [4.78, 5) is 7.01. The van der Waals surface area contributed by atoms with Crippen LogP contribution in [0.3, 0.4) is 0 Å². The van der Waals surface area contributed by atoms with Crippen molar-refractivity contribution in [2.24, 2.45) is 4.99 Å². The third-order valence-electron chi connectivity index (χ3n) is 4.71. The van der Waals surface area contributed by atoms with E-state index >= 15 is 0 Å². The van der Waals surface area contributed by atoms with E-state index in [9.17, 15) is 4.39 Å². The SMILES string of the molecule is Cc1cc(/N=C/N2CCCCC2)c(C)cc1Cc1ccc(F)cc1. The molecule has 0 amide bonds. The van der Waals surface area contributed by atoms with Gasteiger partial charge in [0.15, 0.2) is 0 Å². The molecule has 1 fully saturated rings. The zero-order valence-electron chi connectivity index (χ0n) is 14.6. The molecule has 2 aromatic carbocycles. The molecule has 0 radical (unpaired) electrons. The summed E-state index contributed by atoms with van der Waals surface area (Å²) in [5.74, 6) is -0.186. The Kier molecular flexibility index (Phi) is 5.29. The van der Waals surface area contributed by atoms with Crippen LogP contribution in [0.5, 0.6) is 0 Å². The number of nitrogens with zero attached hydrogens (tertiary/aromatic N) is 2. The van der Waals surface area contributed by atoms with Gasteiger partial charge in [-0.3, -0.25) is 0 Å². The molecule has 126 valence electrons. The fraction of sp³-hybridized carbons (Fsp3) is 0.381. The molecule has 0 spiro atoms. The minimum absolute atomic E-state index is 0.186. The molecule has 0 unspecified atom stereocenters. The lowest BCUT2D eigenvalue weighted by molar-refractivity contribution is 0.351. The van der Waals surface area contributed by atoms with Gasteiger partial charge < -0.3 is 4.90 Å². The summed E-state index contributed by atoms with van der Waals surface area (Å²) in [6, 6.07) is 11.1. The molecule has 0 saturated carbocycles. The molecular formula is C21H25FN2. The van der Waals surface area contributed by atoms with E-state index in [0.717, 1.165) is 30.8 Å². The van der Waals surface area contributed by atoms with Crippen molar-refractivity contribution < 1.29 is 4.39 Å². The van der Waals surface area contributed by atoms with Crippen molar-refractivity contribution in [2.45, 2.75) is 39.5 Å². The summed E-state index contributed by atoms with van der Waals surface area (Å²) in [6.45, 7) is 6.46. The van der Waals surface area contributed by atoms with E-state index in [1.807, 2.05) is 18.5 Å². The minimum Gasteiger partial charge on any atom is -0.363 e. The van der Waals surface area contributed by atoms with Gasteiger partial charge in [0.05, 0.1) is 12.0 Å². The van der Waals surface area contributed by atoms with Crippen LogP contribution in [0.1, 0.15) is 41.5 Å². The highest BCUT2D eigenvalue weighted by Gasteiger charge is 2.08. The van der Waals surface area contributed by atoms with E-state index in [4.69, 9.17) is 4.99 Å². The standard InChI is InChI=1S/C21H25FN2/c1-16-13-21(23-15-24-10-4-3-5-11-24)17(2)12-19(16)14-18-6-8-20(22)9-7-18/h6-9,12-13,15H,3-5,10-11,14H2,1-2H3/b23-15+. The van der Waals surface area contributed by atoms with Crippen LogP contribution >= 0.6 is 0 Å². The predicted octanol–water partition coefficient (Wildman–Crippen LogP) is 5.18. The summed E-state index contributed by atoms with van der Waals surface area (Å²) >= 11 is 0. The average Bonchev–Trinajstić information content (AvgIpc) is 2.59. The van der Waals surface area contributed by atoms with Crippen molar-refractivity contribution in [1.82, 2.24) is 4.90 Å². The van der Waals surface area contributed by atoms with Crippen molar-refractivity contribution in [3.63, 3.8) is 0 Å². The van der Waals surface area contributed by atoms with Crippen LogP contribution in [0.15, 0.2) is 41.4 Å². The molecule has 0 aliphatic carbocycles. The fourth-order valence-electron chi connectivity index (χ4n) is 3.19. The summed E-state index contributed by atoms with van der Waals surface area (Å²) in [6.07, 6.45) is 6.69. The first-order valence-corrected chi connectivity index (χ1v) is 8.74.